The van der Waals surface area contributed by atoms with Gasteiger partial charge in [-0.3, -0.25) is 0 Å². The van der Waals surface area contributed by atoms with Crippen LogP contribution < -0.4 is 4.90 Å². The van der Waals surface area contributed by atoms with Crippen LogP contribution in [-0.2, 0) is 0 Å². The van der Waals surface area contributed by atoms with Crippen LogP contribution in [0.3, 0.4) is 0 Å². The predicted octanol–water partition coefficient (Wildman–Crippen LogP) is 14.8. The van der Waals surface area contributed by atoms with Crippen LogP contribution in [0.1, 0.15) is 0 Å². The summed E-state index contributed by atoms with van der Waals surface area (Å²) in [7, 11) is 0. The van der Waals surface area contributed by atoms with Crippen molar-refractivity contribution in [1.29, 1.82) is 0 Å². The molecule has 10 rings (SSSR count). The lowest BCUT2D eigenvalue weighted by molar-refractivity contribution is 1.29. The van der Waals surface area contributed by atoms with E-state index in [1.54, 1.807) is 0 Å². The smallest absolute Gasteiger partial charge is 0.0476 e. The summed E-state index contributed by atoms with van der Waals surface area (Å²) < 4.78 is 2.59. The second-order valence-electron chi connectivity index (χ2n) is 13.4. The first-order valence-corrected chi connectivity index (χ1v) is 18.6. The highest BCUT2D eigenvalue weighted by Gasteiger charge is 2.19. The molecule has 0 bridgehead atoms. The number of rotatable bonds is 6. The van der Waals surface area contributed by atoms with Crippen LogP contribution in [0.15, 0.2) is 200 Å². The molecule has 0 aliphatic heterocycles. The number of hydrogen-bond donors (Lipinski definition) is 0. The van der Waals surface area contributed by atoms with E-state index >= 15 is 0 Å². The molecular formula is C50H33NS. The van der Waals surface area contributed by atoms with Gasteiger partial charge in [-0.25, -0.2) is 0 Å². The van der Waals surface area contributed by atoms with Crippen molar-refractivity contribution in [1.82, 2.24) is 0 Å². The van der Waals surface area contributed by atoms with Crippen molar-refractivity contribution in [3.63, 3.8) is 0 Å². The molecule has 52 heavy (non-hydrogen) atoms. The quantitative estimate of drug-likeness (QED) is 0.158. The van der Waals surface area contributed by atoms with E-state index in [9.17, 15) is 0 Å². The van der Waals surface area contributed by atoms with Gasteiger partial charge in [0.1, 0.15) is 0 Å². The Bertz CT molecular complexity index is 2850. The van der Waals surface area contributed by atoms with E-state index in [1.807, 2.05) is 11.3 Å². The van der Waals surface area contributed by atoms with E-state index in [-0.39, 0.29) is 0 Å². The molecule has 10 aromatic rings. The number of anilines is 3. The zero-order valence-electron chi connectivity index (χ0n) is 28.4. The third-order valence-corrected chi connectivity index (χ3v) is 11.3. The third kappa shape index (κ3) is 5.33. The van der Waals surface area contributed by atoms with Gasteiger partial charge in [0.15, 0.2) is 0 Å². The van der Waals surface area contributed by atoms with Gasteiger partial charge in [-0.05, 0) is 110 Å². The molecule has 0 N–H and O–H groups in total. The molecule has 0 spiro atoms. The first-order valence-electron chi connectivity index (χ1n) is 17.8. The fraction of sp³-hybridized carbons (Fsp3) is 0. The number of fused-ring (bicyclic) bond motifs is 6. The third-order valence-electron chi connectivity index (χ3n) is 10.2. The highest BCUT2D eigenvalue weighted by molar-refractivity contribution is 7.25. The van der Waals surface area contributed by atoms with Gasteiger partial charge in [-0.15, -0.1) is 11.3 Å². The van der Waals surface area contributed by atoms with Crippen LogP contribution in [0.5, 0.6) is 0 Å². The van der Waals surface area contributed by atoms with E-state index in [0.29, 0.717) is 0 Å². The lowest BCUT2D eigenvalue weighted by Gasteiger charge is -2.27. The average Bonchev–Trinajstić information content (AvgIpc) is 3.59. The van der Waals surface area contributed by atoms with Crippen LogP contribution in [0.4, 0.5) is 17.1 Å². The normalized spacial score (nSPS) is 11.5. The fourth-order valence-corrected chi connectivity index (χ4v) is 8.88. The predicted molar refractivity (Wildman–Crippen MR) is 225 cm³/mol. The summed E-state index contributed by atoms with van der Waals surface area (Å²) in [5, 5.41) is 7.66. The van der Waals surface area contributed by atoms with Crippen LogP contribution in [0, 0.1) is 0 Å². The molecule has 1 nitrogen and oxygen atoms in total. The van der Waals surface area contributed by atoms with Gasteiger partial charge in [0, 0.05) is 37.2 Å². The van der Waals surface area contributed by atoms with Gasteiger partial charge < -0.3 is 4.90 Å². The highest BCUT2D eigenvalue weighted by Crippen LogP contribution is 2.44. The largest absolute Gasteiger partial charge is 0.310 e. The molecule has 1 aromatic heterocycles. The Kier molecular flexibility index (Phi) is 7.41. The molecule has 0 unspecified atom stereocenters. The van der Waals surface area contributed by atoms with Crippen LogP contribution in [0.2, 0.25) is 0 Å². The number of thiophene rings is 1. The molecule has 0 atom stereocenters. The topological polar surface area (TPSA) is 3.24 Å². The first-order chi connectivity index (χ1) is 25.8. The highest BCUT2D eigenvalue weighted by atomic mass is 32.1. The molecule has 244 valence electrons. The Hall–Kier alpha value is -6.48. The number of benzene rings is 9. The van der Waals surface area contributed by atoms with Gasteiger partial charge in [0.25, 0.3) is 0 Å². The van der Waals surface area contributed by atoms with Crippen LogP contribution in [0.25, 0.3) is 75.1 Å². The zero-order valence-corrected chi connectivity index (χ0v) is 29.2. The first kappa shape index (κ1) is 30.4. The van der Waals surface area contributed by atoms with Gasteiger partial charge >= 0.3 is 0 Å². The maximum Gasteiger partial charge on any atom is 0.0476 e. The SMILES string of the molecule is c1ccc(-c2cc(-c3ccccc3)cc(N(c3cccc(-c4cc5ccccc5c5ccccc45)c3)c3ccc4c(c3)sc3ccccc34)c2)cc1. The number of hydrogen-bond acceptors (Lipinski definition) is 2. The van der Waals surface area contributed by atoms with E-state index < -0.39 is 0 Å². The van der Waals surface area contributed by atoms with Crippen LogP contribution in [-0.4, -0.2) is 0 Å². The van der Waals surface area contributed by atoms with Crippen molar-refractivity contribution >= 4 is 70.1 Å². The van der Waals surface area contributed by atoms with E-state index in [2.05, 4.69) is 205 Å². The minimum absolute atomic E-state index is 1.11. The fourth-order valence-electron chi connectivity index (χ4n) is 7.74. The van der Waals surface area contributed by atoms with E-state index in [4.69, 9.17) is 0 Å². The average molecular weight is 680 g/mol. The molecule has 2 heteroatoms. The number of nitrogens with zero attached hydrogens (tertiary/aromatic N) is 1. The molecule has 9 aromatic carbocycles. The second-order valence-corrected chi connectivity index (χ2v) is 14.4. The summed E-state index contributed by atoms with van der Waals surface area (Å²) in [5.74, 6) is 0. The van der Waals surface area contributed by atoms with Crippen molar-refractivity contribution in [2.24, 2.45) is 0 Å². The summed E-state index contributed by atoms with van der Waals surface area (Å²) in [6.07, 6.45) is 0. The second kappa shape index (κ2) is 12.7. The Morgan fingerprint density at radius 2 is 0.846 bits per heavy atom. The lowest BCUT2D eigenvalue weighted by Crippen LogP contribution is -2.10. The summed E-state index contributed by atoms with van der Waals surface area (Å²) in [6.45, 7) is 0. The van der Waals surface area contributed by atoms with Crippen molar-refractivity contribution in [2.75, 3.05) is 4.90 Å². The van der Waals surface area contributed by atoms with Crippen LogP contribution >= 0.6 is 11.3 Å². The van der Waals surface area contributed by atoms with Gasteiger partial charge in [-0.1, -0.05) is 146 Å². The monoisotopic (exact) mass is 679 g/mol. The zero-order chi connectivity index (χ0) is 34.4. The molecule has 0 amide bonds. The summed E-state index contributed by atoms with van der Waals surface area (Å²) >= 11 is 1.86. The molecule has 0 fully saturated rings. The summed E-state index contributed by atoms with van der Waals surface area (Å²) in [6, 6.07) is 73.1. The Morgan fingerprint density at radius 1 is 0.288 bits per heavy atom. The van der Waals surface area contributed by atoms with Crippen molar-refractivity contribution < 1.29 is 0 Å². The van der Waals surface area contributed by atoms with Crippen molar-refractivity contribution in [3.8, 4) is 33.4 Å². The molecule has 0 saturated carbocycles. The Morgan fingerprint density at radius 3 is 1.60 bits per heavy atom. The summed E-state index contributed by atoms with van der Waals surface area (Å²) in [4.78, 5) is 2.44. The van der Waals surface area contributed by atoms with Gasteiger partial charge in [0.2, 0.25) is 0 Å². The minimum atomic E-state index is 1.11. The maximum absolute atomic E-state index is 2.44. The van der Waals surface area contributed by atoms with E-state index in [1.165, 1.54) is 75.1 Å². The molecule has 0 radical (unpaired) electrons. The Labute approximate surface area is 307 Å². The van der Waals surface area contributed by atoms with E-state index in [0.717, 1.165) is 17.1 Å². The van der Waals surface area contributed by atoms with Gasteiger partial charge in [-0.2, -0.15) is 0 Å². The molecule has 1 heterocycles. The van der Waals surface area contributed by atoms with Gasteiger partial charge in [0.05, 0.1) is 0 Å². The molecular weight excluding hydrogens is 647 g/mol. The van der Waals surface area contributed by atoms with Crippen molar-refractivity contribution in [2.45, 2.75) is 0 Å². The maximum atomic E-state index is 2.44. The van der Waals surface area contributed by atoms with Crippen molar-refractivity contribution in [3.05, 3.63) is 200 Å². The summed E-state index contributed by atoms with van der Waals surface area (Å²) in [5.41, 5.74) is 10.5. The Balaban J connectivity index is 1.22. The lowest BCUT2D eigenvalue weighted by atomic mass is 9.93. The standard InChI is InChI=1S/C50H33NS/c1-3-14-34(15-4-1)38-28-39(35-16-5-2-6-17-35)31-42(30-38)51(41-26-27-47-46-24-11-12-25-49(46)52-50(47)33-41)40-20-13-19-36(29-40)48-32-37-18-7-8-21-43(37)44-22-9-10-23-45(44)48/h1-33H. The molecule has 0 aliphatic carbocycles. The molecule has 0 saturated heterocycles. The minimum Gasteiger partial charge on any atom is -0.310 e. The molecule has 0 aliphatic rings.